The van der Waals surface area contributed by atoms with Crippen LogP contribution in [0.25, 0.3) is 0 Å². The van der Waals surface area contributed by atoms with Crippen LogP contribution in [0.1, 0.15) is 5.69 Å². The summed E-state index contributed by atoms with van der Waals surface area (Å²) in [7, 11) is -3.87. The Morgan fingerprint density at radius 3 is 2.87 bits per heavy atom. The Labute approximate surface area is 85.3 Å². The van der Waals surface area contributed by atoms with E-state index in [0.717, 1.165) is 6.20 Å². The molecular formula is C6H9N3O5S. The number of hydrogen-bond donors (Lipinski definition) is 3. The summed E-state index contributed by atoms with van der Waals surface area (Å²) in [5, 5.41) is 14.2. The van der Waals surface area contributed by atoms with Gasteiger partial charge in [-0.25, -0.2) is 13.2 Å². The Morgan fingerprint density at radius 1 is 1.73 bits per heavy atom. The van der Waals surface area contributed by atoms with Crippen LogP contribution >= 0.6 is 0 Å². The Balaban J connectivity index is 2.69. The van der Waals surface area contributed by atoms with Gasteiger partial charge in [0.25, 0.3) is 10.0 Å². The smallest absolute Gasteiger partial charge is 0.331 e. The van der Waals surface area contributed by atoms with Crippen molar-refractivity contribution in [1.29, 1.82) is 0 Å². The van der Waals surface area contributed by atoms with E-state index in [1.807, 2.05) is 0 Å². The second-order valence-corrected chi connectivity index (χ2v) is 4.24. The van der Waals surface area contributed by atoms with Crippen molar-refractivity contribution in [3.8, 4) is 0 Å². The summed E-state index contributed by atoms with van der Waals surface area (Å²) in [6.07, 6.45) is 1.10. The third-order valence-corrected chi connectivity index (χ3v) is 2.77. The van der Waals surface area contributed by atoms with Crippen molar-refractivity contribution >= 4 is 16.0 Å². The summed E-state index contributed by atoms with van der Waals surface area (Å²) in [6.45, 7) is 0.759. The van der Waals surface area contributed by atoms with E-state index in [9.17, 15) is 13.2 Å². The zero-order valence-electron chi connectivity index (χ0n) is 7.72. The third kappa shape index (κ3) is 3.01. The molecule has 1 rings (SSSR count). The number of sulfonamides is 1. The van der Waals surface area contributed by atoms with Crippen molar-refractivity contribution in [3.63, 3.8) is 0 Å². The van der Waals surface area contributed by atoms with Crippen LogP contribution in [-0.4, -0.2) is 36.3 Å². The first-order valence-electron chi connectivity index (χ1n) is 3.79. The molecule has 0 radical (unpaired) electrons. The van der Waals surface area contributed by atoms with Gasteiger partial charge in [0.15, 0.2) is 6.61 Å². The maximum absolute atomic E-state index is 11.4. The number of nitrogens with one attached hydrogen (secondary N) is 2. The maximum atomic E-state index is 11.4. The number of H-pyrrole nitrogens is 1. The van der Waals surface area contributed by atoms with E-state index in [-0.39, 0.29) is 4.90 Å². The van der Waals surface area contributed by atoms with Gasteiger partial charge in [0.1, 0.15) is 4.90 Å². The summed E-state index contributed by atoms with van der Waals surface area (Å²) in [5.74, 6) is -1.28. The summed E-state index contributed by atoms with van der Waals surface area (Å²) < 4.78 is 22.8. The minimum absolute atomic E-state index is 0.0899. The van der Waals surface area contributed by atoms with Crippen LogP contribution in [0.15, 0.2) is 11.1 Å². The molecule has 0 amide bonds. The molecule has 0 spiro atoms. The molecule has 8 nitrogen and oxygen atoms in total. The van der Waals surface area contributed by atoms with Crippen molar-refractivity contribution in [2.24, 2.45) is 0 Å². The standard InChI is InChI=1S/C6H9N3O5S/c1-4-5(2-7-8-4)15(12,13)9-14-3-6(10)11/h2,9H,3H2,1H3,(H,7,8)(H,10,11). The highest BCUT2D eigenvalue weighted by molar-refractivity contribution is 7.89. The number of aliphatic carboxylic acids is 1. The van der Waals surface area contributed by atoms with E-state index in [1.54, 1.807) is 4.89 Å². The molecule has 0 aromatic carbocycles. The molecule has 0 aliphatic rings. The first-order chi connectivity index (χ1) is 6.93. The number of carboxylic acid groups (broad SMARTS) is 1. The molecular weight excluding hydrogens is 226 g/mol. The van der Waals surface area contributed by atoms with Crippen molar-refractivity contribution in [2.75, 3.05) is 6.61 Å². The van der Waals surface area contributed by atoms with Crippen LogP contribution in [-0.2, 0) is 19.7 Å². The number of nitrogens with zero attached hydrogens (tertiary/aromatic N) is 1. The van der Waals surface area contributed by atoms with Gasteiger partial charge in [-0.1, -0.05) is 4.89 Å². The Bertz CT molecular complexity index is 451. The minimum atomic E-state index is -3.87. The average Bonchev–Trinajstić information content (AvgIpc) is 2.50. The molecule has 1 aromatic heterocycles. The van der Waals surface area contributed by atoms with Crippen molar-refractivity contribution in [2.45, 2.75) is 11.8 Å². The predicted molar refractivity (Wildman–Crippen MR) is 47.2 cm³/mol. The molecule has 84 valence electrons. The lowest BCUT2D eigenvalue weighted by atomic mass is 10.5. The van der Waals surface area contributed by atoms with Gasteiger partial charge in [-0.05, 0) is 6.92 Å². The summed E-state index contributed by atoms with van der Waals surface area (Å²) in [4.78, 5) is 15.9. The SMILES string of the molecule is Cc1[nH]ncc1S(=O)(=O)NOCC(=O)O. The molecule has 1 heterocycles. The van der Waals surface area contributed by atoms with Crippen LogP contribution in [0.4, 0.5) is 0 Å². The molecule has 0 fully saturated rings. The fourth-order valence-corrected chi connectivity index (χ4v) is 1.77. The van der Waals surface area contributed by atoms with E-state index < -0.39 is 22.6 Å². The second kappa shape index (κ2) is 4.38. The number of hydrogen-bond acceptors (Lipinski definition) is 5. The number of aromatic amines is 1. The van der Waals surface area contributed by atoms with Gasteiger partial charge in [-0.15, -0.1) is 0 Å². The van der Waals surface area contributed by atoms with Gasteiger partial charge in [-0.2, -0.15) is 5.10 Å². The number of aromatic nitrogens is 2. The second-order valence-electron chi connectivity index (χ2n) is 2.63. The van der Waals surface area contributed by atoms with Crippen LogP contribution in [0.5, 0.6) is 0 Å². The lowest BCUT2D eigenvalue weighted by Crippen LogP contribution is -2.27. The maximum Gasteiger partial charge on any atom is 0.331 e. The third-order valence-electron chi connectivity index (χ3n) is 1.44. The molecule has 0 bridgehead atoms. The first kappa shape index (κ1) is 11.6. The highest BCUT2D eigenvalue weighted by Gasteiger charge is 2.18. The Kier molecular flexibility index (Phi) is 3.39. The topological polar surface area (TPSA) is 121 Å². The van der Waals surface area contributed by atoms with Crippen LogP contribution in [0.3, 0.4) is 0 Å². The van der Waals surface area contributed by atoms with Crippen LogP contribution in [0, 0.1) is 6.92 Å². The molecule has 0 atom stereocenters. The summed E-state index contributed by atoms with van der Waals surface area (Å²) >= 11 is 0. The van der Waals surface area contributed by atoms with Crippen molar-refractivity contribution in [1.82, 2.24) is 15.1 Å². The molecule has 9 heteroatoms. The lowest BCUT2D eigenvalue weighted by Gasteiger charge is -2.03. The zero-order valence-corrected chi connectivity index (χ0v) is 8.54. The molecule has 0 unspecified atom stereocenters. The molecule has 0 aliphatic heterocycles. The fourth-order valence-electron chi connectivity index (χ4n) is 0.824. The highest BCUT2D eigenvalue weighted by atomic mass is 32.2. The Morgan fingerprint density at radius 2 is 2.40 bits per heavy atom. The molecule has 3 N–H and O–H groups in total. The van der Waals surface area contributed by atoms with E-state index in [1.165, 1.54) is 6.92 Å². The molecule has 1 aromatic rings. The number of aryl methyl sites for hydroxylation is 1. The van der Waals surface area contributed by atoms with Gasteiger partial charge in [-0.3, -0.25) is 9.94 Å². The fraction of sp³-hybridized carbons (Fsp3) is 0.333. The number of carbonyl (C=O) groups is 1. The molecule has 15 heavy (non-hydrogen) atoms. The zero-order chi connectivity index (χ0) is 11.5. The van der Waals surface area contributed by atoms with Crippen molar-refractivity contribution in [3.05, 3.63) is 11.9 Å². The summed E-state index contributed by atoms with van der Waals surface area (Å²) in [6, 6.07) is 0. The highest BCUT2D eigenvalue weighted by Crippen LogP contribution is 2.10. The van der Waals surface area contributed by atoms with Gasteiger partial charge in [0, 0.05) is 0 Å². The molecule has 0 saturated heterocycles. The van der Waals surface area contributed by atoms with E-state index >= 15 is 0 Å². The van der Waals surface area contributed by atoms with E-state index in [4.69, 9.17) is 5.11 Å². The Hall–Kier alpha value is -1.45. The number of carboxylic acids is 1. The van der Waals surface area contributed by atoms with Crippen LogP contribution < -0.4 is 4.89 Å². The normalized spacial score (nSPS) is 11.5. The van der Waals surface area contributed by atoms with Crippen molar-refractivity contribution < 1.29 is 23.2 Å². The molecule has 0 saturated carbocycles. The van der Waals surface area contributed by atoms with E-state index in [0.29, 0.717) is 5.69 Å². The van der Waals surface area contributed by atoms with Gasteiger partial charge in [0.05, 0.1) is 11.9 Å². The van der Waals surface area contributed by atoms with Gasteiger partial charge >= 0.3 is 5.97 Å². The lowest BCUT2D eigenvalue weighted by molar-refractivity contribution is -0.143. The summed E-state index contributed by atoms with van der Waals surface area (Å²) in [5.41, 5.74) is 0.335. The van der Waals surface area contributed by atoms with E-state index in [2.05, 4.69) is 15.0 Å². The predicted octanol–water partition coefficient (Wildman–Crippen LogP) is -0.987. The first-order valence-corrected chi connectivity index (χ1v) is 5.27. The number of rotatable bonds is 5. The monoisotopic (exact) mass is 235 g/mol. The van der Waals surface area contributed by atoms with Gasteiger partial charge < -0.3 is 5.11 Å². The molecule has 0 aliphatic carbocycles. The quantitative estimate of drug-likeness (QED) is 0.563. The van der Waals surface area contributed by atoms with Crippen LogP contribution in [0.2, 0.25) is 0 Å². The van der Waals surface area contributed by atoms with Gasteiger partial charge in [0.2, 0.25) is 0 Å². The minimum Gasteiger partial charge on any atom is -0.479 e. The average molecular weight is 235 g/mol. The largest absolute Gasteiger partial charge is 0.479 e.